The molecule has 1 amide bonds. The van der Waals surface area contributed by atoms with Crippen LogP contribution < -0.4 is 10.2 Å². The number of hydrogen-bond acceptors (Lipinski definition) is 8. The number of benzene rings is 2. The van der Waals surface area contributed by atoms with E-state index in [4.69, 9.17) is 4.74 Å². The fourth-order valence-electron chi connectivity index (χ4n) is 3.18. The number of thioether (sulfide) groups is 1. The highest BCUT2D eigenvalue weighted by Crippen LogP contribution is 2.19. The minimum Gasteiger partial charge on any atom is -0.494 e. The van der Waals surface area contributed by atoms with Gasteiger partial charge in [0, 0.05) is 6.54 Å². The second-order valence-electron chi connectivity index (χ2n) is 7.12. The number of aromatic nitrogens is 6. The Morgan fingerprint density at radius 2 is 2.00 bits per heavy atom. The van der Waals surface area contributed by atoms with E-state index < -0.39 is 0 Å². The van der Waals surface area contributed by atoms with Crippen LogP contribution in [0.5, 0.6) is 5.75 Å². The molecule has 4 rings (SSSR count). The molecule has 1 N–H and O–H groups in total. The van der Waals surface area contributed by atoms with Crippen LogP contribution in [-0.4, -0.2) is 54.2 Å². The third-order valence-electron chi connectivity index (χ3n) is 4.74. The highest BCUT2D eigenvalue weighted by Gasteiger charge is 2.15. The maximum atomic E-state index is 12.3. The maximum absolute atomic E-state index is 12.3. The van der Waals surface area contributed by atoms with Crippen molar-refractivity contribution < 1.29 is 9.53 Å². The molecule has 0 bridgehead atoms. The standard InChI is InChI=1S/C23H24N8O2S/c1-3-13-30-21(15-31-20-8-6-5-7-19(20)25-29-31)26-28-23(30)34-16-22(32)27-24-14-17-9-11-18(12-10-17)33-4-2/h3,5-12,14H,1,4,13,15-16H2,2H3,(H,27,32)/b24-14+. The first-order valence-corrected chi connectivity index (χ1v) is 11.6. The summed E-state index contributed by atoms with van der Waals surface area (Å²) in [4.78, 5) is 12.3. The van der Waals surface area contributed by atoms with Crippen LogP contribution in [0.1, 0.15) is 18.3 Å². The number of para-hydroxylation sites is 1. The van der Waals surface area contributed by atoms with Gasteiger partial charge in [0.15, 0.2) is 11.0 Å². The molecule has 0 aliphatic carbocycles. The van der Waals surface area contributed by atoms with Crippen LogP contribution in [-0.2, 0) is 17.9 Å². The number of fused-ring (bicyclic) bond motifs is 1. The van der Waals surface area contributed by atoms with Gasteiger partial charge in [-0.25, -0.2) is 10.1 Å². The Hall–Kier alpha value is -3.99. The average Bonchev–Trinajstić information content (AvgIpc) is 3.44. The van der Waals surface area contributed by atoms with Crippen LogP contribution in [0.3, 0.4) is 0 Å². The van der Waals surface area contributed by atoms with E-state index in [0.717, 1.165) is 22.3 Å². The molecule has 0 aliphatic rings. The van der Waals surface area contributed by atoms with E-state index in [9.17, 15) is 4.79 Å². The highest BCUT2D eigenvalue weighted by atomic mass is 32.2. The largest absolute Gasteiger partial charge is 0.494 e. The predicted octanol–water partition coefficient (Wildman–Crippen LogP) is 2.90. The van der Waals surface area contributed by atoms with Crippen LogP contribution in [0.4, 0.5) is 0 Å². The van der Waals surface area contributed by atoms with Crippen molar-refractivity contribution in [2.75, 3.05) is 12.4 Å². The Labute approximate surface area is 200 Å². The summed E-state index contributed by atoms with van der Waals surface area (Å²) >= 11 is 1.28. The molecule has 0 spiro atoms. The lowest BCUT2D eigenvalue weighted by Crippen LogP contribution is -2.20. The molecule has 0 atom stereocenters. The fraction of sp³-hybridized carbons (Fsp3) is 0.217. The minimum atomic E-state index is -0.246. The zero-order valence-corrected chi connectivity index (χ0v) is 19.5. The van der Waals surface area contributed by atoms with Crippen LogP contribution in [0.25, 0.3) is 11.0 Å². The van der Waals surface area contributed by atoms with E-state index in [1.54, 1.807) is 17.0 Å². The summed E-state index contributed by atoms with van der Waals surface area (Å²) in [6.07, 6.45) is 3.34. The molecule has 0 saturated carbocycles. The summed E-state index contributed by atoms with van der Waals surface area (Å²) in [5.74, 6) is 1.39. The third kappa shape index (κ3) is 5.67. The molecule has 0 aliphatic heterocycles. The Morgan fingerprint density at radius 3 is 2.79 bits per heavy atom. The number of carbonyl (C=O) groups excluding carboxylic acids is 1. The summed E-state index contributed by atoms with van der Waals surface area (Å²) in [5.41, 5.74) is 5.11. The van der Waals surface area contributed by atoms with Crippen molar-refractivity contribution >= 4 is 34.9 Å². The van der Waals surface area contributed by atoms with Gasteiger partial charge >= 0.3 is 0 Å². The zero-order chi connectivity index (χ0) is 23.8. The quantitative estimate of drug-likeness (QED) is 0.153. The first-order chi connectivity index (χ1) is 16.7. The van der Waals surface area contributed by atoms with Gasteiger partial charge in [0.2, 0.25) is 0 Å². The van der Waals surface area contributed by atoms with E-state index in [-0.39, 0.29) is 11.7 Å². The molecule has 0 fully saturated rings. The van der Waals surface area contributed by atoms with Crippen LogP contribution >= 0.6 is 11.8 Å². The van der Waals surface area contributed by atoms with Gasteiger partial charge in [0.05, 0.1) is 24.1 Å². The van der Waals surface area contributed by atoms with E-state index in [2.05, 4.69) is 37.6 Å². The van der Waals surface area contributed by atoms with Gasteiger partial charge in [-0.05, 0) is 48.9 Å². The number of allylic oxidation sites excluding steroid dienone is 1. The second kappa shape index (κ2) is 11.2. The van der Waals surface area contributed by atoms with Gasteiger partial charge in [-0.15, -0.1) is 21.9 Å². The van der Waals surface area contributed by atoms with Crippen molar-refractivity contribution in [3.8, 4) is 5.75 Å². The average molecular weight is 477 g/mol. The second-order valence-corrected chi connectivity index (χ2v) is 8.06. The summed E-state index contributed by atoms with van der Waals surface area (Å²) in [6.45, 7) is 7.27. The summed E-state index contributed by atoms with van der Waals surface area (Å²) in [6, 6.07) is 15.2. The molecule has 11 heteroatoms. The molecule has 2 aromatic carbocycles. The molecular weight excluding hydrogens is 452 g/mol. The van der Waals surface area contributed by atoms with E-state index >= 15 is 0 Å². The van der Waals surface area contributed by atoms with Gasteiger partial charge in [-0.3, -0.25) is 4.79 Å². The monoisotopic (exact) mass is 476 g/mol. The molecule has 2 heterocycles. The number of nitrogens with zero attached hydrogens (tertiary/aromatic N) is 7. The number of ether oxygens (including phenoxy) is 1. The lowest BCUT2D eigenvalue weighted by atomic mass is 10.2. The summed E-state index contributed by atoms with van der Waals surface area (Å²) in [5, 5.41) is 21.6. The molecule has 2 aromatic heterocycles. The number of nitrogens with one attached hydrogen (secondary N) is 1. The van der Waals surface area contributed by atoms with Gasteiger partial charge in [0.1, 0.15) is 17.8 Å². The van der Waals surface area contributed by atoms with Crippen molar-refractivity contribution in [3.63, 3.8) is 0 Å². The van der Waals surface area contributed by atoms with Gasteiger partial charge in [-0.1, -0.05) is 35.2 Å². The number of hydrogen-bond donors (Lipinski definition) is 1. The Bertz CT molecular complexity index is 1300. The maximum Gasteiger partial charge on any atom is 0.250 e. The van der Waals surface area contributed by atoms with Crippen LogP contribution in [0.15, 0.2) is 71.4 Å². The molecule has 4 aromatic rings. The molecule has 0 radical (unpaired) electrons. The van der Waals surface area contributed by atoms with Crippen molar-refractivity contribution in [1.82, 2.24) is 35.2 Å². The molecule has 34 heavy (non-hydrogen) atoms. The minimum absolute atomic E-state index is 0.141. The molecule has 0 saturated heterocycles. The Kier molecular flexibility index (Phi) is 7.66. The van der Waals surface area contributed by atoms with Crippen molar-refractivity contribution in [2.24, 2.45) is 5.10 Å². The summed E-state index contributed by atoms with van der Waals surface area (Å²) in [7, 11) is 0. The lowest BCUT2D eigenvalue weighted by Gasteiger charge is -2.07. The fourth-order valence-corrected chi connectivity index (χ4v) is 3.94. The molecule has 174 valence electrons. The number of carbonyl (C=O) groups is 1. The summed E-state index contributed by atoms with van der Waals surface area (Å²) < 4.78 is 9.09. The van der Waals surface area contributed by atoms with Crippen molar-refractivity contribution in [2.45, 2.75) is 25.2 Å². The van der Waals surface area contributed by atoms with Crippen LogP contribution in [0.2, 0.25) is 0 Å². The first kappa shape index (κ1) is 23.2. The first-order valence-electron chi connectivity index (χ1n) is 10.7. The van der Waals surface area contributed by atoms with E-state index in [1.165, 1.54) is 11.8 Å². The molecular formula is C23H24N8O2S. The van der Waals surface area contributed by atoms with E-state index in [1.807, 2.05) is 60.0 Å². The van der Waals surface area contributed by atoms with Gasteiger partial charge in [0.25, 0.3) is 5.91 Å². The third-order valence-corrected chi connectivity index (χ3v) is 5.71. The molecule has 0 unspecified atom stereocenters. The zero-order valence-electron chi connectivity index (χ0n) is 18.7. The van der Waals surface area contributed by atoms with Gasteiger partial charge in [-0.2, -0.15) is 5.10 Å². The topological polar surface area (TPSA) is 112 Å². The number of hydrazone groups is 1. The number of rotatable bonds is 11. The Balaban J connectivity index is 1.35. The van der Waals surface area contributed by atoms with Crippen molar-refractivity contribution in [1.29, 1.82) is 0 Å². The number of amides is 1. The smallest absolute Gasteiger partial charge is 0.250 e. The van der Waals surface area contributed by atoms with Gasteiger partial charge < -0.3 is 9.30 Å². The SMILES string of the molecule is C=CCn1c(Cn2nnc3ccccc32)nnc1SCC(=O)N/N=C/c1ccc(OCC)cc1. The van der Waals surface area contributed by atoms with Crippen LogP contribution in [0, 0.1) is 0 Å². The molecule has 10 nitrogen and oxygen atoms in total. The Morgan fingerprint density at radius 1 is 1.18 bits per heavy atom. The highest BCUT2D eigenvalue weighted by molar-refractivity contribution is 7.99. The normalized spacial score (nSPS) is 11.2. The van der Waals surface area contributed by atoms with E-state index in [0.29, 0.717) is 30.7 Å². The lowest BCUT2D eigenvalue weighted by molar-refractivity contribution is -0.118. The predicted molar refractivity (Wildman–Crippen MR) is 131 cm³/mol. The van der Waals surface area contributed by atoms with Crippen molar-refractivity contribution in [3.05, 3.63) is 72.6 Å².